The summed E-state index contributed by atoms with van der Waals surface area (Å²) in [4.78, 5) is 23.9. The highest BCUT2D eigenvalue weighted by atomic mass is 16.5. The molecular formula is C22H27NO4. The van der Waals surface area contributed by atoms with E-state index in [1.54, 1.807) is 0 Å². The number of rotatable bonds is 6. The summed E-state index contributed by atoms with van der Waals surface area (Å²) in [5.41, 5.74) is 1.39. The number of carboxylic acids is 1. The van der Waals surface area contributed by atoms with Crippen LogP contribution in [-0.2, 0) is 28.0 Å². The van der Waals surface area contributed by atoms with E-state index in [0.717, 1.165) is 11.1 Å². The second kappa shape index (κ2) is 8.25. The second-order valence-corrected chi connectivity index (χ2v) is 7.95. The molecule has 0 bridgehead atoms. The van der Waals surface area contributed by atoms with Gasteiger partial charge in [-0.05, 0) is 29.0 Å². The molecule has 0 saturated heterocycles. The minimum absolute atomic E-state index is 0.0219. The minimum atomic E-state index is -1.46. The molecule has 2 rings (SSSR count). The Hall–Kier alpha value is -2.82. The quantitative estimate of drug-likeness (QED) is 0.796. The number of carboxylic acid groups (broad SMARTS) is 1. The van der Waals surface area contributed by atoms with Crippen LogP contribution < -0.4 is 5.32 Å². The lowest BCUT2D eigenvalue weighted by atomic mass is 9.85. The Balaban J connectivity index is 2.03. The van der Waals surface area contributed by atoms with Gasteiger partial charge in [0.2, 0.25) is 0 Å². The molecule has 0 heterocycles. The van der Waals surface area contributed by atoms with Crippen LogP contribution in [0.1, 0.15) is 44.4 Å². The number of ether oxygens (including phenoxy) is 1. The fourth-order valence-corrected chi connectivity index (χ4v) is 2.69. The summed E-state index contributed by atoms with van der Waals surface area (Å²) in [5.74, 6) is -1.11. The van der Waals surface area contributed by atoms with Crippen LogP contribution in [0.25, 0.3) is 0 Å². The Kier molecular flexibility index (Phi) is 6.26. The van der Waals surface area contributed by atoms with Crippen LogP contribution >= 0.6 is 0 Å². The number of nitrogens with one attached hydrogen (secondary N) is 1. The van der Waals surface area contributed by atoms with Crippen molar-refractivity contribution in [1.82, 2.24) is 5.32 Å². The number of hydrogen-bond acceptors (Lipinski definition) is 3. The summed E-state index contributed by atoms with van der Waals surface area (Å²) in [6.07, 6.45) is -0.595. The van der Waals surface area contributed by atoms with Crippen molar-refractivity contribution < 1.29 is 19.4 Å². The number of amides is 1. The molecule has 1 amide bonds. The second-order valence-electron chi connectivity index (χ2n) is 7.95. The number of benzene rings is 2. The van der Waals surface area contributed by atoms with Crippen molar-refractivity contribution >= 4 is 12.1 Å². The summed E-state index contributed by atoms with van der Waals surface area (Å²) in [7, 11) is 0. The molecule has 0 saturated carbocycles. The zero-order valence-electron chi connectivity index (χ0n) is 16.3. The number of hydrogen-bond donors (Lipinski definition) is 2. The van der Waals surface area contributed by atoms with Crippen molar-refractivity contribution in [3.8, 4) is 0 Å². The van der Waals surface area contributed by atoms with Crippen molar-refractivity contribution in [3.05, 3.63) is 71.3 Å². The van der Waals surface area contributed by atoms with Gasteiger partial charge in [-0.3, -0.25) is 0 Å². The Morgan fingerprint density at radius 2 is 1.52 bits per heavy atom. The van der Waals surface area contributed by atoms with Crippen LogP contribution in [0.15, 0.2) is 54.6 Å². The van der Waals surface area contributed by atoms with E-state index < -0.39 is 17.6 Å². The molecule has 27 heavy (non-hydrogen) atoms. The van der Waals surface area contributed by atoms with Crippen molar-refractivity contribution in [2.24, 2.45) is 0 Å². The van der Waals surface area contributed by atoms with E-state index in [0.29, 0.717) is 0 Å². The maximum Gasteiger partial charge on any atom is 0.408 e. The first-order valence-electron chi connectivity index (χ1n) is 8.92. The van der Waals surface area contributed by atoms with Crippen LogP contribution in [0.3, 0.4) is 0 Å². The Labute approximate surface area is 160 Å². The fraction of sp³-hybridized carbons (Fsp3) is 0.364. The molecule has 2 N–H and O–H groups in total. The van der Waals surface area contributed by atoms with Gasteiger partial charge in [-0.2, -0.15) is 0 Å². The van der Waals surface area contributed by atoms with Crippen LogP contribution in [0.2, 0.25) is 0 Å². The molecule has 5 nitrogen and oxygen atoms in total. The zero-order valence-corrected chi connectivity index (χ0v) is 16.3. The molecule has 1 unspecified atom stereocenters. The maximum absolute atomic E-state index is 12.1. The Bertz CT molecular complexity index is 778. The molecule has 0 aliphatic carbocycles. The third-order valence-electron chi connectivity index (χ3n) is 4.44. The molecular weight excluding hydrogens is 342 g/mol. The van der Waals surface area contributed by atoms with Gasteiger partial charge in [0.15, 0.2) is 0 Å². The highest BCUT2D eigenvalue weighted by Gasteiger charge is 2.35. The number of aliphatic carboxylic acids is 1. The SMILES string of the molecule is CC(Cc1ccc(C(C)(C)C)cc1)(NC(=O)OCc1ccccc1)C(=O)O. The maximum atomic E-state index is 12.1. The lowest BCUT2D eigenvalue weighted by Gasteiger charge is -2.26. The van der Waals surface area contributed by atoms with Crippen molar-refractivity contribution in [1.29, 1.82) is 0 Å². The third-order valence-corrected chi connectivity index (χ3v) is 4.44. The van der Waals surface area contributed by atoms with E-state index in [4.69, 9.17) is 4.74 Å². The van der Waals surface area contributed by atoms with Crippen molar-refractivity contribution in [2.45, 2.75) is 51.7 Å². The van der Waals surface area contributed by atoms with Gasteiger partial charge in [0, 0.05) is 6.42 Å². The third kappa shape index (κ3) is 5.84. The Morgan fingerprint density at radius 3 is 2.04 bits per heavy atom. The normalized spacial score (nSPS) is 13.5. The first-order chi connectivity index (χ1) is 12.6. The van der Waals surface area contributed by atoms with Gasteiger partial charge < -0.3 is 15.2 Å². The van der Waals surface area contributed by atoms with Crippen molar-refractivity contribution in [3.63, 3.8) is 0 Å². The first-order valence-corrected chi connectivity index (χ1v) is 8.92. The standard InChI is InChI=1S/C22H27NO4/c1-21(2,3)18-12-10-16(11-13-18)14-22(4,19(24)25)23-20(26)27-15-17-8-6-5-7-9-17/h5-13H,14-15H2,1-4H3,(H,23,26)(H,24,25). The van der Waals surface area contributed by atoms with Gasteiger partial charge >= 0.3 is 12.1 Å². The van der Waals surface area contributed by atoms with Crippen LogP contribution in [0.4, 0.5) is 4.79 Å². The van der Waals surface area contributed by atoms with Crippen LogP contribution in [0, 0.1) is 0 Å². The summed E-state index contributed by atoms with van der Waals surface area (Å²) < 4.78 is 5.16. The smallest absolute Gasteiger partial charge is 0.408 e. The molecule has 0 fully saturated rings. The predicted molar refractivity (Wildman–Crippen MR) is 105 cm³/mol. The average molecular weight is 369 g/mol. The molecule has 5 heteroatoms. The summed E-state index contributed by atoms with van der Waals surface area (Å²) in [5, 5.41) is 12.1. The molecule has 2 aromatic rings. The molecule has 0 spiro atoms. The van der Waals surface area contributed by atoms with Gasteiger partial charge in [-0.1, -0.05) is 75.4 Å². The Morgan fingerprint density at radius 1 is 0.926 bits per heavy atom. The van der Waals surface area contributed by atoms with E-state index in [1.165, 1.54) is 12.5 Å². The number of alkyl carbamates (subject to hydrolysis) is 1. The predicted octanol–water partition coefficient (Wildman–Crippen LogP) is 4.30. The molecule has 2 aromatic carbocycles. The highest BCUT2D eigenvalue weighted by molar-refractivity contribution is 5.84. The van der Waals surface area contributed by atoms with E-state index >= 15 is 0 Å². The molecule has 0 aliphatic heterocycles. The average Bonchev–Trinajstić information content (AvgIpc) is 2.60. The van der Waals surface area contributed by atoms with Gasteiger partial charge in [-0.25, -0.2) is 9.59 Å². The first kappa shape index (κ1) is 20.5. The summed E-state index contributed by atoms with van der Waals surface area (Å²) >= 11 is 0. The number of carbonyl (C=O) groups is 2. The van der Waals surface area contributed by atoms with Crippen LogP contribution in [0.5, 0.6) is 0 Å². The van der Waals surface area contributed by atoms with E-state index in [2.05, 4.69) is 26.1 Å². The van der Waals surface area contributed by atoms with Gasteiger partial charge in [0.25, 0.3) is 0 Å². The lowest BCUT2D eigenvalue weighted by molar-refractivity contribution is -0.143. The van der Waals surface area contributed by atoms with E-state index in [9.17, 15) is 14.7 Å². The highest BCUT2D eigenvalue weighted by Crippen LogP contribution is 2.23. The molecule has 1 atom stereocenters. The molecule has 0 radical (unpaired) electrons. The lowest BCUT2D eigenvalue weighted by Crippen LogP contribution is -2.53. The summed E-state index contributed by atoms with van der Waals surface area (Å²) in [6, 6.07) is 17.0. The minimum Gasteiger partial charge on any atom is -0.480 e. The van der Waals surface area contributed by atoms with Gasteiger partial charge in [0.05, 0.1) is 0 Å². The van der Waals surface area contributed by atoms with E-state index in [1.807, 2.05) is 54.6 Å². The molecule has 0 aliphatic rings. The largest absolute Gasteiger partial charge is 0.480 e. The monoisotopic (exact) mass is 369 g/mol. The number of carbonyl (C=O) groups excluding carboxylic acids is 1. The van der Waals surface area contributed by atoms with Crippen molar-refractivity contribution in [2.75, 3.05) is 0 Å². The summed E-state index contributed by atoms with van der Waals surface area (Å²) in [6.45, 7) is 7.93. The zero-order chi connectivity index (χ0) is 20.1. The molecule has 0 aromatic heterocycles. The van der Waals surface area contributed by atoms with Gasteiger partial charge in [-0.15, -0.1) is 0 Å². The fourth-order valence-electron chi connectivity index (χ4n) is 2.69. The van der Waals surface area contributed by atoms with E-state index in [-0.39, 0.29) is 18.4 Å². The van der Waals surface area contributed by atoms with Crippen LogP contribution in [-0.4, -0.2) is 22.7 Å². The van der Waals surface area contributed by atoms with Gasteiger partial charge in [0.1, 0.15) is 12.1 Å². The topological polar surface area (TPSA) is 75.6 Å². The molecule has 144 valence electrons.